The Morgan fingerprint density at radius 3 is 3.15 bits per heavy atom. The fourth-order valence-electron chi connectivity index (χ4n) is 1.24. The van der Waals surface area contributed by atoms with Crippen molar-refractivity contribution in [3.8, 4) is 0 Å². The molecule has 66 valence electrons. The molecule has 0 aromatic heterocycles. The van der Waals surface area contributed by atoms with Crippen LogP contribution in [0.5, 0.6) is 0 Å². The molecule has 0 aliphatic carbocycles. The van der Waals surface area contributed by atoms with Gasteiger partial charge in [0.05, 0.1) is 12.4 Å². The van der Waals surface area contributed by atoms with E-state index in [9.17, 15) is 4.79 Å². The molecule has 1 atom stereocenters. The van der Waals surface area contributed by atoms with Crippen molar-refractivity contribution in [1.82, 2.24) is 4.90 Å². The maximum atomic E-state index is 10.6. The minimum atomic E-state index is -0.987. The average molecular weight is 176 g/mol. The second-order valence-corrected chi connectivity index (χ2v) is 2.77. The number of carboxylic acids is 1. The highest BCUT2D eigenvalue weighted by atomic mass is 16.4. The van der Waals surface area contributed by atoms with E-state index < -0.39 is 5.97 Å². The summed E-state index contributed by atoms with van der Waals surface area (Å²) >= 11 is 0. The molecule has 2 aliphatic heterocycles. The number of allylic oxidation sites excluding steroid dienone is 2. The number of rotatable bonds is 1. The van der Waals surface area contributed by atoms with Crippen LogP contribution < -0.4 is 0 Å². The van der Waals surface area contributed by atoms with Gasteiger partial charge in [0.1, 0.15) is 5.70 Å². The maximum Gasteiger partial charge on any atom is 0.354 e. The molecule has 1 unspecified atom stereocenters. The first-order valence-electron chi connectivity index (χ1n) is 3.89. The van der Waals surface area contributed by atoms with Gasteiger partial charge >= 0.3 is 5.97 Å². The third kappa shape index (κ3) is 1.38. The van der Waals surface area contributed by atoms with Crippen LogP contribution in [0.25, 0.3) is 0 Å². The van der Waals surface area contributed by atoms with Crippen LogP contribution in [0, 0.1) is 0 Å². The van der Waals surface area contributed by atoms with Gasteiger partial charge in [-0.25, -0.2) is 9.79 Å². The number of nitrogens with zero attached hydrogens (tertiary/aromatic N) is 2. The van der Waals surface area contributed by atoms with Crippen LogP contribution >= 0.6 is 0 Å². The number of fused-ring (bicyclic) bond motifs is 1. The van der Waals surface area contributed by atoms with Gasteiger partial charge < -0.3 is 10.0 Å². The Morgan fingerprint density at radius 2 is 2.38 bits per heavy atom. The van der Waals surface area contributed by atoms with E-state index in [1.165, 1.54) is 6.34 Å². The van der Waals surface area contributed by atoms with Gasteiger partial charge in [-0.3, -0.25) is 0 Å². The molecule has 0 saturated carbocycles. The zero-order valence-corrected chi connectivity index (χ0v) is 6.79. The number of carbonyl (C=O) groups is 1. The summed E-state index contributed by atoms with van der Waals surface area (Å²) in [4.78, 5) is 16.2. The molecule has 13 heavy (non-hydrogen) atoms. The second kappa shape index (κ2) is 2.90. The first-order chi connectivity index (χ1) is 6.27. The predicted octanol–water partition coefficient (Wildman–Crippen LogP) is 0.751. The van der Waals surface area contributed by atoms with Gasteiger partial charge in [-0.15, -0.1) is 0 Å². The maximum absolute atomic E-state index is 10.6. The van der Waals surface area contributed by atoms with Gasteiger partial charge in [-0.1, -0.05) is 12.2 Å². The Bertz CT molecular complexity index is 353. The molecule has 2 aliphatic rings. The number of aliphatic imine (C=N–C) groups is 1. The molecule has 2 rings (SSSR count). The Labute approximate surface area is 75.2 Å². The monoisotopic (exact) mass is 176 g/mol. The van der Waals surface area contributed by atoms with Crippen LogP contribution in [-0.4, -0.2) is 28.4 Å². The van der Waals surface area contributed by atoms with E-state index in [1.54, 1.807) is 6.08 Å². The standard InChI is InChI=1S/C9H8N2O2/c12-9(13)8-5-7-3-1-2-4-11(7)6-10-8/h1-7H,(H,12,13). The van der Waals surface area contributed by atoms with E-state index in [-0.39, 0.29) is 11.7 Å². The normalized spacial score (nSPS) is 24.2. The molecule has 0 aromatic carbocycles. The molecular formula is C9H8N2O2. The average Bonchev–Trinajstić information content (AvgIpc) is 2.17. The lowest BCUT2D eigenvalue weighted by molar-refractivity contribution is -0.132. The summed E-state index contributed by atoms with van der Waals surface area (Å²) in [5.41, 5.74) is 0.0983. The molecule has 0 aromatic rings. The largest absolute Gasteiger partial charge is 0.477 e. The lowest BCUT2D eigenvalue weighted by atomic mass is 10.1. The fraction of sp³-hybridized carbons (Fsp3) is 0.111. The molecule has 2 heterocycles. The summed E-state index contributed by atoms with van der Waals surface area (Å²) in [6.07, 6.45) is 10.7. The molecule has 1 N–H and O–H groups in total. The summed E-state index contributed by atoms with van der Waals surface area (Å²) in [5, 5.41) is 8.69. The van der Waals surface area contributed by atoms with Gasteiger partial charge in [0.15, 0.2) is 0 Å². The van der Waals surface area contributed by atoms with Crippen molar-refractivity contribution in [1.29, 1.82) is 0 Å². The second-order valence-electron chi connectivity index (χ2n) is 2.77. The molecule has 0 radical (unpaired) electrons. The Hall–Kier alpha value is -1.84. The molecule has 0 spiro atoms. The van der Waals surface area contributed by atoms with Crippen LogP contribution in [0.3, 0.4) is 0 Å². The van der Waals surface area contributed by atoms with Crippen molar-refractivity contribution < 1.29 is 9.90 Å². The molecule has 0 bridgehead atoms. The van der Waals surface area contributed by atoms with Crippen LogP contribution in [0.4, 0.5) is 0 Å². The number of aliphatic carboxylic acids is 1. The molecule has 0 saturated heterocycles. The number of carboxylic acid groups (broad SMARTS) is 1. The van der Waals surface area contributed by atoms with Gasteiger partial charge in [-0.05, 0) is 12.2 Å². The lowest BCUT2D eigenvalue weighted by Crippen LogP contribution is -2.31. The quantitative estimate of drug-likeness (QED) is 0.641. The van der Waals surface area contributed by atoms with E-state index in [0.29, 0.717) is 0 Å². The van der Waals surface area contributed by atoms with Gasteiger partial charge in [0.25, 0.3) is 0 Å². The molecule has 0 fully saturated rings. The SMILES string of the molecule is O=C(O)C1=CC2C=CC=CN2C=N1. The third-order valence-electron chi connectivity index (χ3n) is 1.90. The third-order valence-corrected chi connectivity index (χ3v) is 1.90. The van der Waals surface area contributed by atoms with Crippen molar-refractivity contribution in [2.24, 2.45) is 4.99 Å². The minimum Gasteiger partial charge on any atom is -0.477 e. The molecule has 4 nitrogen and oxygen atoms in total. The lowest BCUT2D eigenvalue weighted by Gasteiger charge is -2.26. The van der Waals surface area contributed by atoms with Crippen LogP contribution in [0.2, 0.25) is 0 Å². The fourth-order valence-corrected chi connectivity index (χ4v) is 1.24. The summed E-state index contributed by atoms with van der Waals surface area (Å²) in [6, 6.07) is -0.00593. The first-order valence-corrected chi connectivity index (χ1v) is 3.89. The van der Waals surface area contributed by atoms with Gasteiger partial charge in [-0.2, -0.15) is 0 Å². The smallest absolute Gasteiger partial charge is 0.354 e. The topological polar surface area (TPSA) is 52.9 Å². The highest BCUT2D eigenvalue weighted by Crippen LogP contribution is 2.15. The summed E-state index contributed by atoms with van der Waals surface area (Å²) in [6.45, 7) is 0. The van der Waals surface area contributed by atoms with Crippen molar-refractivity contribution in [3.05, 3.63) is 36.2 Å². The van der Waals surface area contributed by atoms with Crippen molar-refractivity contribution >= 4 is 12.3 Å². The van der Waals surface area contributed by atoms with E-state index in [4.69, 9.17) is 5.11 Å². The van der Waals surface area contributed by atoms with E-state index >= 15 is 0 Å². The summed E-state index contributed by atoms with van der Waals surface area (Å²) in [7, 11) is 0. The molecule has 0 amide bonds. The Morgan fingerprint density at radius 1 is 1.54 bits per heavy atom. The van der Waals surface area contributed by atoms with Gasteiger partial charge in [0, 0.05) is 6.20 Å². The summed E-state index contributed by atoms with van der Waals surface area (Å²) < 4.78 is 0. The van der Waals surface area contributed by atoms with Gasteiger partial charge in [0.2, 0.25) is 0 Å². The van der Waals surface area contributed by atoms with Crippen LogP contribution in [-0.2, 0) is 4.79 Å². The van der Waals surface area contributed by atoms with E-state index in [2.05, 4.69) is 4.99 Å². The Balaban J connectivity index is 2.27. The van der Waals surface area contributed by atoms with E-state index in [0.717, 1.165) is 0 Å². The van der Waals surface area contributed by atoms with Crippen molar-refractivity contribution in [3.63, 3.8) is 0 Å². The predicted molar refractivity (Wildman–Crippen MR) is 48.1 cm³/mol. The summed E-state index contributed by atoms with van der Waals surface area (Å²) in [5.74, 6) is -0.987. The number of hydrogen-bond acceptors (Lipinski definition) is 3. The minimum absolute atomic E-state index is 0.00593. The van der Waals surface area contributed by atoms with Crippen LogP contribution in [0.15, 0.2) is 41.2 Å². The Kier molecular flexibility index (Phi) is 1.73. The first kappa shape index (κ1) is 7.79. The molecule has 4 heteroatoms. The van der Waals surface area contributed by atoms with E-state index in [1.807, 2.05) is 29.3 Å². The number of hydrogen-bond donors (Lipinski definition) is 1. The van der Waals surface area contributed by atoms with Crippen LogP contribution in [0.1, 0.15) is 0 Å². The zero-order chi connectivity index (χ0) is 9.26. The highest BCUT2D eigenvalue weighted by molar-refractivity contribution is 5.89. The zero-order valence-electron chi connectivity index (χ0n) is 6.79. The van der Waals surface area contributed by atoms with Crippen molar-refractivity contribution in [2.75, 3.05) is 0 Å². The van der Waals surface area contributed by atoms with Crippen molar-refractivity contribution in [2.45, 2.75) is 6.04 Å². The highest BCUT2D eigenvalue weighted by Gasteiger charge is 2.18. The molecular weight excluding hydrogens is 168 g/mol.